The van der Waals surface area contributed by atoms with E-state index in [1.54, 1.807) is 57.1 Å². The second kappa shape index (κ2) is 26.0. The third-order valence-corrected chi connectivity index (χ3v) is 18.3. The average molecular weight is 1140 g/mol. The van der Waals surface area contributed by atoms with Crippen LogP contribution < -0.4 is 42.5 Å². The molecule has 2 aliphatic carbocycles. The van der Waals surface area contributed by atoms with Gasteiger partial charge in [0.2, 0.25) is 35.4 Å². The van der Waals surface area contributed by atoms with Crippen molar-refractivity contribution in [1.82, 2.24) is 47.0 Å². The van der Waals surface area contributed by atoms with Gasteiger partial charge in [0.25, 0.3) is 11.8 Å². The molecule has 4 aliphatic rings. The lowest BCUT2D eigenvalue weighted by atomic mass is 9.85. The lowest BCUT2D eigenvalue weighted by molar-refractivity contribution is -0.145. The number of amides is 8. The number of hydrogen-bond donors (Lipinski definition) is 8. The number of anilines is 1. The number of rotatable bonds is 18. The van der Waals surface area contributed by atoms with Crippen LogP contribution in [0.1, 0.15) is 147 Å². The molecule has 1 fully saturated rings. The minimum Gasteiger partial charge on any atom is -0.347 e. The van der Waals surface area contributed by atoms with E-state index in [9.17, 15) is 33.6 Å². The fourth-order valence-corrected chi connectivity index (χ4v) is 12.0. The van der Waals surface area contributed by atoms with Crippen LogP contribution in [0.25, 0.3) is 0 Å². The zero-order valence-electron chi connectivity index (χ0n) is 49.0. The normalized spacial score (nSPS) is 21.0. The van der Waals surface area contributed by atoms with Crippen LogP contribution in [0.3, 0.4) is 0 Å². The van der Waals surface area contributed by atoms with Crippen LogP contribution >= 0.6 is 11.8 Å². The lowest BCUT2D eigenvalue weighted by Crippen LogP contribution is -2.63. The smallest absolute Gasteiger partial charge is 0.255 e. The number of likely N-dealkylation sites (tertiary alicyclic amines) is 1. The van der Waals surface area contributed by atoms with E-state index in [2.05, 4.69) is 54.7 Å². The minimum atomic E-state index is -0.990. The number of likely N-dealkylation sites (N-methyl/N-ethyl adjacent to an activating group) is 2. The highest BCUT2D eigenvalue weighted by Crippen LogP contribution is 2.36. The molecule has 9 atom stereocenters. The van der Waals surface area contributed by atoms with Gasteiger partial charge in [-0.2, -0.15) is 11.8 Å². The molecule has 4 aromatic rings. The Morgan fingerprint density at radius 3 is 1.63 bits per heavy atom. The Bertz CT molecular complexity index is 3050. The zero-order valence-corrected chi connectivity index (χ0v) is 49.8. The topological polar surface area (TPSA) is 239 Å². The number of nitrogens with zero attached hydrogens (tertiary/aromatic N) is 2. The van der Waals surface area contributed by atoms with Crippen molar-refractivity contribution >= 4 is 64.7 Å². The number of benzene rings is 4. The van der Waals surface area contributed by atoms with E-state index in [0.717, 1.165) is 60.8 Å². The monoisotopic (exact) mass is 1140 g/mol. The van der Waals surface area contributed by atoms with Crippen molar-refractivity contribution in [2.24, 2.45) is 5.41 Å². The van der Waals surface area contributed by atoms with Crippen molar-refractivity contribution in [3.05, 3.63) is 136 Å². The van der Waals surface area contributed by atoms with Crippen LogP contribution in [-0.2, 0) is 54.6 Å². The second-order valence-electron chi connectivity index (χ2n) is 24.0. The van der Waals surface area contributed by atoms with Crippen LogP contribution in [0.2, 0.25) is 0 Å². The Labute approximate surface area is 486 Å². The summed E-state index contributed by atoms with van der Waals surface area (Å²) in [7, 11) is 3.33. The molecule has 4 aromatic carbocycles. The molecule has 18 nitrogen and oxygen atoms in total. The number of fused-ring (bicyclic) bond motifs is 3. The van der Waals surface area contributed by atoms with Gasteiger partial charge in [0.05, 0.1) is 24.2 Å². The van der Waals surface area contributed by atoms with Gasteiger partial charge in [0.1, 0.15) is 24.2 Å². The van der Waals surface area contributed by atoms with Gasteiger partial charge in [-0.15, -0.1) is 0 Å². The van der Waals surface area contributed by atoms with Crippen LogP contribution in [0.5, 0.6) is 0 Å². The number of nitrogens with one attached hydrogen (secondary N) is 8. The van der Waals surface area contributed by atoms with E-state index in [1.165, 1.54) is 39.9 Å². The minimum absolute atomic E-state index is 0.0212. The SMILES string of the molecule is CN[C@@H](C)C(=O)NC(C(=O)N1CC(NC(=O)c2ccc(C(=O)Nc3ccc4c(c3)CN(C(=O)[C@@H](NC(=O)[C@H](C)NC)C(C)(C)SC)[C@H](C(=O)N[C@@H]3CCCc5ccccc53)C4)cc2)CC1C(=O)NC1CCCc2ccccc21)C(C)(C)C. The molecular weight excluding hydrogens is 1060 g/mol. The molecule has 1 saturated heterocycles. The summed E-state index contributed by atoms with van der Waals surface area (Å²) in [4.78, 5) is 116. The van der Waals surface area contributed by atoms with Gasteiger partial charge < -0.3 is 52.3 Å². The van der Waals surface area contributed by atoms with Crippen molar-refractivity contribution in [2.75, 3.05) is 32.2 Å². The Morgan fingerprint density at radius 2 is 1.10 bits per heavy atom. The molecule has 0 spiro atoms. The molecule has 19 heteroatoms. The molecule has 8 rings (SSSR count). The molecule has 8 N–H and O–H groups in total. The van der Waals surface area contributed by atoms with Gasteiger partial charge in [-0.3, -0.25) is 38.4 Å². The molecule has 0 bridgehead atoms. The van der Waals surface area contributed by atoms with Crippen molar-refractivity contribution in [3.8, 4) is 0 Å². The first kappa shape index (κ1) is 61.0. The third-order valence-electron chi connectivity index (χ3n) is 17.0. The summed E-state index contributed by atoms with van der Waals surface area (Å²) in [5.41, 5.74) is 6.29. The van der Waals surface area contributed by atoms with Crippen molar-refractivity contribution in [3.63, 3.8) is 0 Å². The first-order chi connectivity index (χ1) is 39.0. The number of aryl methyl sites for hydroxylation is 2. The van der Waals surface area contributed by atoms with Gasteiger partial charge in [-0.1, -0.05) is 75.4 Å². The van der Waals surface area contributed by atoms with E-state index < -0.39 is 76.1 Å². The number of hydrogen-bond acceptors (Lipinski definition) is 11. The molecule has 0 radical (unpaired) electrons. The summed E-state index contributed by atoms with van der Waals surface area (Å²) < 4.78 is -0.764. The Balaban J connectivity index is 0.978. The van der Waals surface area contributed by atoms with Gasteiger partial charge in [-0.05, 0) is 168 Å². The summed E-state index contributed by atoms with van der Waals surface area (Å²) in [6, 6.07) is 21.7. The average Bonchev–Trinajstić information content (AvgIpc) is 3.92. The maximum absolute atomic E-state index is 15.0. The summed E-state index contributed by atoms with van der Waals surface area (Å²) in [5, 5.41) is 24.3. The highest BCUT2D eigenvalue weighted by molar-refractivity contribution is 8.00. The highest BCUT2D eigenvalue weighted by Gasteiger charge is 2.47. The van der Waals surface area contributed by atoms with Gasteiger partial charge in [0.15, 0.2) is 0 Å². The van der Waals surface area contributed by atoms with Crippen LogP contribution in [0, 0.1) is 5.41 Å². The van der Waals surface area contributed by atoms with Crippen LogP contribution in [0.4, 0.5) is 5.69 Å². The molecule has 4 unspecified atom stereocenters. The maximum Gasteiger partial charge on any atom is 0.255 e. The zero-order chi connectivity index (χ0) is 59.2. The van der Waals surface area contributed by atoms with E-state index in [0.29, 0.717) is 5.69 Å². The van der Waals surface area contributed by atoms with Crippen LogP contribution in [-0.4, -0.2) is 131 Å². The predicted octanol–water partition coefficient (Wildman–Crippen LogP) is 5.65. The summed E-state index contributed by atoms with van der Waals surface area (Å²) in [6.45, 7) is 12.8. The van der Waals surface area contributed by atoms with E-state index in [1.807, 2.05) is 83.3 Å². The first-order valence-corrected chi connectivity index (χ1v) is 30.0. The standard InChI is InChI=1S/C63H82N10O8S/c1-36(64-8)54(74)70-52(62(3,4)5)60(80)73-35-45(33-51(73)59(79)69-49-24-16-20-39-18-12-14-22-47(39)49)67-57(77)41-27-25-40(26-28-41)56(76)66-44-30-29-42-32-50(58(78)68-48-23-15-19-38-17-11-13-21-46(38)48)72(34-43(42)31-44)61(81)53(63(6,7)82-10)71-55(75)37(2)65-9/h11-14,17-18,21-22,25-31,36-37,45,48-53,64-65H,15-16,19-20,23-24,32-35H2,1-10H3,(H,66,76)(H,67,77)(H,68,78)(H,69,79)(H,70,74)(H,71,75)/t36-,37-,45?,48+,49?,50-,51?,52?,53+/m0/s1. The number of carbonyl (C=O) groups is 8. The quantitative estimate of drug-likeness (QED) is 0.0606. The first-order valence-electron chi connectivity index (χ1n) is 28.7. The van der Waals surface area contributed by atoms with Crippen molar-refractivity contribution in [2.45, 2.75) is 166 Å². The molecule has 0 saturated carbocycles. The Kier molecular flexibility index (Phi) is 19.3. The summed E-state index contributed by atoms with van der Waals surface area (Å²) >= 11 is 1.44. The lowest BCUT2D eigenvalue weighted by Gasteiger charge is -2.42. The Morgan fingerprint density at radius 1 is 0.585 bits per heavy atom. The summed E-state index contributed by atoms with van der Waals surface area (Å²) in [5.74, 6) is -3.07. The van der Waals surface area contributed by atoms with Crippen LogP contribution in [0.15, 0.2) is 91.0 Å². The molecule has 438 valence electrons. The molecule has 0 aromatic heterocycles. The molecule has 2 aliphatic heterocycles. The van der Waals surface area contributed by atoms with Gasteiger partial charge in [-0.25, -0.2) is 0 Å². The van der Waals surface area contributed by atoms with Crippen molar-refractivity contribution < 1.29 is 38.4 Å². The number of carbonyl (C=O) groups excluding carboxylic acids is 8. The highest BCUT2D eigenvalue weighted by atomic mass is 32.2. The van der Waals surface area contributed by atoms with E-state index >= 15 is 4.79 Å². The summed E-state index contributed by atoms with van der Waals surface area (Å²) in [6.07, 6.45) is 7.37. The maximum atomic E-state index is 15.0. The third kappa shape index (κ3) is 13.9. The van der Waals surface area contributed by atoms with E-state index in [4.69, 9.17) is 0 Å². The molecular formula is C63H82N10O8S. The Hall–Kier alpha value is -7.09. The molecule has 82 heavy (non-hydrogen) atoms. The molecule has 2 heterocycles. The second-order valence-corrected chi connectivity index (χ2v) is 25.5. The van der Waals surface area contributed by atoms with Gasteiger partial charge in [0, 0.05) is 47.1 Å². The van der Waals surface area contributed by atoms with Crippen molar-refractivity contribution in [1.29, 1.82) is 0 Å². The fraction of sp³-hybridized carbons (Fsp3) is 0.492. The van der Waals surface area contributed by atoms with E-state index in [-0.39, 0.29) is 72.8 Å². The van der Waals surface area contributed by atoms with Gasteiger partial charge >= 0.3 is 0 Å². The number of thioether (sulfide) groups is 1. The largest absolute Gasteiger partial charge is 0.347 e. The predicted molar refractivity (Wildman–Crippen MR) is 319 cm³/mol. The fourth-order valence-electron chi connectivity index (χ4n) is 11.6. The molecule has 8 amide bonds.